The van der Waals surface area contributed by atoms with Gasteiger partial charge in [-0.3, -0.25) is 4.79 Å². The molecule has 25 heavy (non-hydrogen) atoms. The fourth-order valence-corrected chi connectivity index (χ4v) is 3.25. The molecule has 0 saturated carbocycles. The molecule has 3 rings (SSSR count). The number of aromatic nitrogens is 1. The van der Waals surface area contributed by atoms with E-state index in [0.29, 0.717) is 36.9 Å². The highest BCUT2D eigenvalue weighted by Crippen LogP contribution is 2.37. The molecule has 0 fully saturated rings. The lowest BCUT2D eigenvalue weighted by Crippen LogP contribution is -2.17. The van der Waals surface area contributed by atoms with Gasteiger partial charge in [-0.1, -0.05) is 0 Å². The van der Waals surface area contributed by atoms with Crippen molar-refractivity contribution < 1.29 is 14.3 Å². The van der Waals surface area contributed by atoms with Crippen LogP contribution in [0, 0.1) is 12.3 Å². The number of fused-ring (bicyclic) bond motifs is 1. The Morgan fingerprint density at radius 3 is 2.84 bits per heavy atom. The Labute approximate surface area is 148 Å². The van der Waals surface area contributed by atoms with Crippen LogP contribution in [0.4, 0.5) is 5.69 Å². The number of amides is 1. The molecule has 0 aliphatic carbocycles. The Morgan fingerprint density at radius 1 is 1.36 bits per heavy atom. The summed E-state index contributed by atoms with van der Waals surface area (Å²) in [6.07, 6.45) is 7.38. The van der Waals surface area contributed by atoms with Crippen LogP contribution in [0.25, 0.3) is 10.2 Å². The van der Waals surface area contributed by atoms with Gasteiger partial charge in [0, 0.05) is 31.4 Å². The van der Waals surface area contributed by atoms with Crippen molar-refractivity contribution in [2.24, 2.45) is 10.2 Å². The van der Waals surface area contributed by atoms with Gasteiger partial charge in [0.25, 0.3) is 0 Å². The van der Waals surface area contributed by atoms with Crippen molar-refractivity contribution >= 4 is 39.1 Å². The van der Waals surface area contributed by atoms with Gasteiger partial charge in [-0.25, -0.2) is 9.78 Å². The Kier molecular flexibility index (Phi) is 4.76. The van der Waals surface area contributed by atoms with Crippen molar-refractivity contribution in [2.75, 3.05) is 12.4 Å². The molecule has 7 nitrogen and oxygen atoms in total. The minimum absolute atomic E-state index is 0.125. The van der Waals surface area contributed by atoms with Gasteiger partial charge in [0.2, 0.25) is 10.9 Å². The molecular weight excluding hydrogens is 340 g/mol. The molecule has 1 aromatic heterocycles. The second kappa shape index (κ2) is 6.99. The Hall–Kier alpha value is -2.79. The standard InChI is InChI=1S/C17H16N4O3S/c1-3-4-8-17(20-21-17)9-7-14(22)18-11-5-6-13-12(10-11)19-15(25-13)16(23)24-2/h1,5-6,10H,4,7-9H2,2H3,(H,18,22). The lowest BCUT2D eigenvalue weighted by Gasteiger charge is -2.09. The normalized spacial score (nSPS) is 14.1. The highest BCUT2D eigenvalue weighted by atomic mass is 32.1. The van der Waals surface area contributed by atoms with Gasteiger partial charge >= 0.3 is 5.97 Å². The number of terminal acetylenes is 1. The zero-order valence-corrected chi connectivity index (χ0v) is 14.4. The number of benzene rings is 1. The highest BCUT2D eigenvalue weighted by molar-refractivity contribution is 7.20. The summed E-state index contributed by atoms with van der Waals surface area (Å²) in [6.45, 7) is 0. The molecule has 0 saturated heterocycles. The van der Waals surface area contributed by atoms with E-state index < -0.39 is 11.6 Å². The molecule has 128 valence electrons. The van der Waals surface area contributed by atoms with E-state index in [9.17, 15) is 9.59 Å². The third kappa shape index (κ3) is 4.00. The van der Waals surface area contributed by atoms with Crippen molar-refractivity contribution in [2.45, 2.75) is 31.3 Å². The zero-order valence-electron chi connectivity index (χ0n) is 13.6. The van der Waals surface area contributed by atoms with Crippen LogP contribution >= 0.6 is 11.3 Å². The fraction of sp³-hybridized carbons (Fsp3) is 0.353. The number of ether oxygens (including phenoxy) is 1. The molecular formula is C17H16N4O3S. The van der Waals surface area contributed by atoms with Crippen LogP contribution in [0.15, 0.2) is 28.4 Å². The number of esters is 1. The summed E-state index contributed by atoms with van der Waals surface area (Å²) in [4.78, 5) is 27.9. The van der Waals surface area contributed by atoms with Gasteiger partial charge < -0.3 is 10.1 Å². The molecule has 2 heterocycles. The summed E-state index contributed by atoms with van der Waals surface area (Å²) in [6, 6.07) is 5.32. The molecule has 1 aliphatic rings. The summed E-state index contributed by atoms with van der Waals surface area (Å²) in [5.74, 6) is 1.97. The van der Waals surface area contributed by atoms with Crippen LogP contribution in [-0.2, 0) is 9.53 Å². The summed E-state index contributed by atoms with van der Waals surface area (Å²) >= 11 is 1.25. The Balaban J connectivity index is 1.59. The first kappa shape index (κ1) is 17.0. The lowest BCUT2D eigenvalue weighted by atomic mass is 10.0. The number of thiazole rings is 1. The molecule has 1 N–H and O–H groups in total. The van der Waals surface area contributed by atoms with Gasteiger partial charge in [0.05, 0.1) is 17.3 Å². The maximum Gasteiger partial charge on any atom is 0.367 e. The van der Waals surface area contributed by atoms with E-state index in [2.05, 4.69) is 31.2 Å². The molecule has 0 bridgehead atoms. The maximum absolute atomic E-state index is 12.1. The highest BCUT2D eigenvalue weighted by Gasteiger charge is 2.39. The minimum atomic E-state index is -0.471. The van der Waals surface area contributed by atoms with E-state index in [1.54, 1.807) is 12.1 Å². The second-order valence-corrected chi connectivity index (χ2v) is 6.66. The molecule has 1 amide bonds. The van der Waals surface area contributed by atoms with Gasteiger partial charge in [-0.2, -0.15) is 10.2 Å². The average Bonchev–Trinajstić information content (AvgIpc) is 3.27. The van der Waals surface area contributed by atoms with Crippen LogP contribution < -0.4 is 5.32 Å². The van der Waals surface area contributed by atoms with E-state index in [-0.39, 0.29) is 10.9 Å². The number of anilines is 1. The number of carbonyl (C=O) groups is 2. The first-order valence-corrected chi connectivity index (χ1v) is 8.53. The number of nitrogens with zero attached hydrogens (tertiary/aromatic N) is 3. The molecule has 0 unspecified atom stereocenters. The van der Waals surface area contributed by atoms with Crippen molar-refractivity contribution in [3.8, 4) is 12.3 Å². The van der Waals surface area contributed by atoms with Gasteiger partial charge in [-0.05, 0) is 18.2 Å². The van der Waals surface area contributed by atoms with E-state index >= 15 is 0 Å². The van der Waals surface area contributed by atoms with E-state index in [1.807, 2.05) is 6.07 Å². The predicted molar refractivity (Wildman–Crippen MR) is 94.5 cm³/mol. The number of hydrogen-bond donors (Lipinski definition) is 1. The first-order valence-electron chi connectivity index (χ1n) is 7.71. The molecule has 0 spiro atoms. The molecule has 8 heteroatoms. The third-order valence-corrected chi connectivity index (χ3v) is 4.85. The maximum atomic E-state index is 12.1. The van der Waals surface area contributed by atoms with Crippen LogP contribution in [0.3, 0.4) is 0 Å². The lowest BCUT2D eigenvalue weighted by molar-refractivity contribution is -0.116. The van der Waals surface area contributed by atoms with E-state index in [4.69, 9.17) is 6.42 Å². The Bertz CT molecular complexity index is 891. The second-order valence-electron chi connectivity index (χ2n) is 5.63. The topological polar surface area (TPSA) is 93.0 Å². The quantitative estimate of drug-likeness (QED) is 0.608. The SMILES string of the molecule is C#CCCC1(CCC(=O)Nc2ccc3sc(C(=O)OC)nc3c2)N=N1. The zero-order chi connectivity index (χ0) is 17.9. The molecule has 0 radical (unpaired) electrons. The molecule has 0 atom stereocenters. The van der Waals surface area contributed by atoms with Crippen molar-refractivity contribution in [1.82, 2.24) is 4.98 Å². The number of hydrogen-bond acceptors (Lipinski definition) is 7. The predicted octanol–water partition coefficient (Wildman–Crippen LogP) is 3.38. The minimum Gasteiger partial charge on any atom is -0.464 e. The summed E-state index contributed by atoms with van der Waals surface area (Å²) < 4.78 is 5.52. The molecule has 1 aromatic carbocycles. The van der Waals surface area contributed by atoms with Gasteiger partial charge in [-0.15, -0.1) is 23.7 Å². The number of methoxy groups -OCH3 is 1. The van der Waals surface area contributed by atoms with E-state index in [1.165, 1.54) is 18.4 Å². The van der Waals surface area contributed by atoms with Gasteiger partial charge in [0.15, 0.2) is 5.66 Å². The first-order chi connectivity index (χ1) is 12.0. The fourth-order valence-electron chi connectivity index (χ4n) is 2.39. The van der Waals surface area contributed by atoms with Crippen LogP contribution in [0.5, 0.6) is 0 Å². The summed E-state index contributed by atoms with van der Waals surface area (Å²) in [5.41, 5.74) is 0.806. The molecule has 1 aliphatic heterocycles. The van der Waals surface area contributed by atoms with Crippen LogP contribution in [0.1, 0.15) is 35.5 Å². The van der Waals surface area contributed by atoms with Gasteiger partial charge in [0.1, 0.15) is 0 Å². The van der Waals surface area contributed by atoms with Crippen LogP contribution in [-0.4, -0.2) is 29.6 Å². The van der Waals surface area contributed by atoms with Crippen molar-refractivity contribution in [3.05, 3.63) is 23.2 Å². The monoisotopic (exact) mass is 356 g/mol. The molecule has 2 aromatic rings. The number of carbonyl (C=O) groups excluding carboxylic acids is 2. The average molecular weight is 356 g/mol. The summed E-state index contributed by atoms with van der Waals surface area (Å²) in [5, 5.41) is 11.1. The number of rotatable bonds is 7. The van der Waals surface area contributed by atoms with Crippen molar-refractivity contribution in [1.29, 1.82) is 0 Å². The largest absolute Gasteiger partial charge is 0.464 e. The van der Waals surface area contributed by atoms with Crippen molar-refractivity contribution in [3.63, 3.8) is 0 Å². The summed E-state index contributed by atoms with van der Waals surface area (Å²) in [7, 11) is 1.31. The van der Waals surface area contributed by atoms with Crippen LogP contribution in [0.2, 0.25) is 0 Å². The third-order valence-electron chi connectivity index (χ3n) is 3.84. The Morgan fingerprint density at radius 2 is 2.16 bits per heavy atom. The smallest absolute Gasteiger partial charge is 0.367 e. The number of nitrogens with one attached hydrogen (secondary N) is 1. The van der Waals surface area contributed by atoms with E-state index in [0.717, 1.165) is 4.70 Å².